The van der Waals surface area contributed by atoms with E-state index in [4.69, 9.17) is 12.6 Å². The molecule has 2 heteroatoms. The molecule has 1 nitrogen and oxygen atoms in total. The summed E-state index contributed by atoms with van der Waals surface area (Å²) in [6.45, 7) is 0. The number of hydrogen-bond acceptors (Lipinski definition) is 2. The van der Waals surface area contributed by atoms with Crippen molar-refractivity contribution in [1.29, 1.82) is 5.26 Å². The Labute approximate surface area is 140 Å². The van der Waals surface area contributed by atoms with Crippen molar-refractivity contribution in [2.75, 3.05) is 0 Å². The van der Waals surface area contributed by atoms with Gasteiger partial charge in [-0.1, -0.05) is 60.7 Å². The molecule has 0 N–H and O–H groups in total. The monoisotopic (exact) mass is 311 g/mol. The third-order valence-corrected chi connectivity index (χ3v) is 4.59. The van der Waals surface area contributed by atoms with Gasteiger partial charge in [-0.3, -0.25) is 0 Å². The van der Waals surface area contributed by atoms with Crippen molar-refractivity contribution in [3.8, 4) is 17.2 Å². The summed E-state index contributed by atoms with van der Waals surface area (Å²) in [4.78, 5) is 0.943. The average Bonchev–Trinajstić information content (AvgIpc) is 2.61. The molecular formula is C21H13NS. The minimum Gasteiger partial charge on any atom is -0.192 e. The molecule has 0 radical (unpaired) electrons. The molecule has 4 rings (SSSR count). The molecule has 0 atom stereocenters. The quantitative estimate of drug-likeness (QED) is 0.440. The summed E-state index contributed by atoms with van der Waals surface area (Å²) < 4.78 is 0. The van der Waals surface area contributed by atoms with Crippen LogP contribution in [-0.4, -0.2) is 0 Å². The van der Waals surface area contributed by atoms with Gasteiger partial charge in [-0.05, 0) is 33.9 Å². The first-order chi connectivity index (χ1) is 11.3. The van der Waals surface area contributed by atoms with Crippen molar-refractivity contribution in [2.45, 2.75) is 4.90 Å². The molecular weight excluding hydrogens is 298 g/mol. The highest BCUT2D eigenvalue weighted by Crippen LogP contribution is 2.38. The van der Waals surface area contributed by atoms with Crippen LogP contribution < -0.4 is 0 Å². The molecule has 0 unspecified atom stereocenters. The minimum atomic E-state index is 0.699. The van der Waals surface area contributed by atoms with Gasteiger partial charge in [0.1, 0.15) is 0 Å². The molecule has 4 aromatic rings. The van der Waals surface area contributed by atoms with E-state index < -0.39 is 0 Å². The molecule has 4 aromatic carbocycles. The third-order valence-electron chi connectivity index (χ3n) is 4.22. The average molecular weight is 311 g/mol. The van der Waals surface area contributed by atoms with E-state index >= 15 is 0 Å². The molecule has 0 fully saturated rings. The summed E-state index contributed by atoms with van der Waals surface area (Å²) in [6, 6.07) is 26.7. The zero-order valence-corrected chi connectivity index (χ0v) is 13.2. The zero-order valence-electron chi connectivity index (χ0n) is 12.3. The van der Waals surface area contributed by atoms with Crippen molar-refractivity contribution >= 4 is 34.2 Å². The predicted molar refractivity (Wildman–Crippen MR) is 98.9 cm³/mol. The maximum Gasteiger partial charge on any atom is 0.0998 e. The first kappa shape index (κ1) is 13.9. The van der Waals surface area contributed by atoms with Gasteiger partial charge in [0.2, 0.25) is 0 Å². The van der Waals surface area contributed by atoms with Crippen LogP contribution in [0.2, 0.25) is 0 Å². The smallest absolute Gasteiger partial charge is 0.0998 e. The van der Waals surface area contributed by atoms with Gasteiger partial charge in [-0.2, -0.15) is 5.26 Å². The topological polar surface area (TPSA) is 23.8 Å². The van der Waals surface area contributed by atoms with Crippen molar-refractivity contribution in [1.82, 2.24) is 0 Å². The van der Waals surface area contributed by atoms with Gasteiger partial charge in [0.05, 0.1) is 11.6 Å². The number of rotatable bonds is 1. The summed E-state index contributed by atoms with van der Waals surface area (Å²) in [7, 11) is 0. The zero-order chi connectivity index (χ0) is 15.8. The lowest BCUT2D eigenvalue weighted by molar-refractivity contribution is 1.49. The van der Waals surface area contributed by atoms with Gasteiger partial charge in [0.15, 0.2) is 0 Å². The maximum absolute atomic E-state index is 9.36. The summed E-state index contributed by atoms with van der Waals surface area (Å²) in [5, 5.41) is 13.8. The SMILES string of the molecule is N#Cc1ccc(-c2c(S)ccc3ccccc23)c2ccccc12. The Hall–Kier alpha value is -2.76. The second-order valence-electron chi connectivity index (χ2n) is 5.50. The Balaban J connectivity index is 2.17. The standard InChI is InChI=1S/C21H13NS/c22-13-15-9-11-19(18-8-4-3-6-16(15)18)21-17-7-2-1-5-14(17)10-12-20(21)23/h1-12,23H. The van der Waals surface area contributed by atoms with E-state index in [-0.39, 0.29) is 0 Å². The summed E-state index contributed by atoms with van der Waals surface area (Å²) in [5.41, 5.74) is 2.93. The van der Waals surface area contributed by atoms with E-state index in [1.54, 1.807) is 0 Å². The van der Waals surface area contributed by atoms with Crippen molar-refractivity contribution < 1.29 is 0 Å². The van der Waals surface area contributed by atoms with E-state index in [9.17, 15) is 5.26 Å². The molecule has 0 saturated carbocycles. The third kappa shape index (κ3) is 2.18. The normalized spacial score (nSPS) is 10.8. The van der Waals surface area contributed by atoms with Gasteiger partial charge in [-0.25, -0.2) is 0 Å². The number of nitriles is 1. The Morgan fingerprint density at radius 2 is 1.39 bits per heavy atom. The first-order valence-corrected chi connectivity index (χ1v) is 7.87. The van der Waals surface area contributed by atoms with E-state index in [0.717, 1.165) is 26.8 Å². The van der Waals surface area contributed by atoms with Crippen LogP contribution in [0.15, 0.2) is 77.7 Å². The predicted octanol–water partition coefficient (Wildman–Crippen LogP) is 5.82. The number of fused-ring (bicyclic) bond motifs is 2. The Morgan fingerprint density at radius 1 is 0.696 bits per heavy atom. The van der Waals surface area contributed by atoms with E-state index in [1.165, 1.54) is 10.8 Å². The molecule has 0 saturated heterocycles. The van der Waals surface area contributed by atoms with E-state index in [2.05, 4.69) is 30.3 Å². The van der Waals surface area contributed by atoms with Crippen LogP contribution in [0.3, 0.4) is 0 Å². The lowest BCUT2D eigenvalue weighted by atomic mass is 9.92. The molecule has 0 aliphatic heterocycles. The first-order valence-electron chi connectivity index (χ1n) is 7.42. The number of hydrogen-bond donors (Lipinski definition) is 1. The van der Waals surface area contributed by atoms with Crippen molar-refractivity contribution in [2.24, 2.45) is 0 Å². The second kappa shape index (κ2) is 5.46. The molecule has 0 aromatic heterocycles. The maximum atomic E-state index is 9.36. The second-order valence-corrected chi connectivity index (χ2v) is 5.98. The van der Waals surface area contributed by atoms with Crippen LogP contribution in [-0.2, 0) is 0 Å². The minimum absolute atomic E-state index is 0.699. The molecule has 0 spiro atoms. The molecule has 0 amide bonds. The fourth-order valence-electron chi connectivity index (χ4n) is 3.16. The molecule has 0 heterocycles. The van der Waals surface area contributed by atoms with Crippen molar-refractivity contribution in [3.05, 3.63) is 78.4 Å². The molecule has 108 valence electrons. The van der Waals surface area contributed by atoms with Crippen LogP contribution >= 0.6 is 12.6 Å². The van der Waals surface area contributed by atoms with Gasteiger partial charge in [0.25, 0.3) is 0 Å². The van der Waals surface area contributed by atoms with E-state index in [1.807, 2.05) is 48.5 Å². The van der Waals surface area contributed by atoms with Crippen LogP contribution in [0.1, 0.15) is 5.56 Å². The van der Waals surface area contributed by atoms with Crippen LogP contribution in [0, 0.1) is 11.3 Å². The molecule has 0 aliphatic rings. The van der Waals surface area contributed by atoms with Gasteiger partial charge in [-0.15, -0.1) is 12.6 Å². The van der Waals surface area contributed by atoms with Crippen LogP contribution in [0.25, 0.3) is 32.7 Å². The summed E-state index contributed by atoms with van der Waals surface area (Å²) in [5.74, 6) is 0. The number of thiol groups is 1. The molecule has 0 aliphatic carbocycles. The Kier molecular flexibility index (Phi) is 3.29. The van der Waals surface area contributed by atoms with Crippen LogP contribution in [0.5, 0.6) is 0 Å². The Morgan fingerprint density at radius 3 is 2.17 bits per heavy atom. The lowest BCUT2D eigenvalue weighted by Gasteiger charge is -2.13. The lowest BCUT2D eigenvalue weighted by Crippen LogP contribution is -1.88. The number of benzene rings is 4. The fraction of sp³-hybridized carbons (Fsp3) is 0. The highest BCUT2D eigenvalue weighted by molar-refractivity contribution is 7.80. The van der Waals surface area contributed by atoms with Crippen molar-refractivity contribution in [3.63, 3.8) is 0 Å². The number of nitrogens with zero attached hydrogens (tertiary/aromatic N) is 1. The molecule has 0 bridgehead atoms. The van der Waals surface area contributed by atoms with Gasteiger partial charge < -0.3 is 0 Å². The highest BCUT2D eigenvalue weighted by Gasteiger charge is 2.12. The molecule has 23 heavy (non-hydrogen) atoms. The fourth-order valence-corrected chi connectivity index (χ4v) is 3.47. The van der Waals surface area contributed by atoms with Crippen LogP contribution in [0.4, 0.5) is 0 Å². The largest absolute Gasteiger partial charge is 0.192 e. The Bertz CT molecular complexity index is 1090. The highest BCUT2D eigenvalue weighted by atomic mass is 32.1. The van der Waals surface area contributed by atoms with Gasteiger partial charge in [0, 0.05) is 15.8 Å². The van der Waals surface area contributed by atoms with E-state index in [0.29, 0.717) is 5.56 Å². The van der Waals surface area contributed by atoms with Gasteiger partial charge >= 0.3 is 0 Å². The summed E-state index contributed by atoms with van der Waals surface area (Å²) >= 11 is 4.69. The summed E-state index contributed by atoms with van der Waals surface area (Å²) in [6.07, 6.45) is 0.